The van der Waals surface area contributed by atoms with Crippen LogP contribution in [0, 0.1) is 0 Å². The van der Waals surface area contributed by atoms with E-state index in [2.05, 4.69) is 5.32 Å². The van der Waals surface area contributed by atoms with E-state index >= 15 is 0 Å². The monoisotopic (exact) mass is 402 g/mol. The molecule has 1 fully saturated rings. The zero-order chi connectivity index (χ0) is 19.2. The second-order valence-electron chi connectivity index (χ2n) is 6.60. The highest BCUT2D eigenvalue weighted by Gasteiger charge is 2.22. The maximum Gasteiger partial charge on any atom is 0.255 e. The molecule has 0 aromatic heterocycles. The fraction of sp³-hybridized carbons (Fsp3) is 0.333. The lowest BCUT2D eigenvalue weighted by molar-refractivity contribution is -0.115. The topological polar surface area (TPSA) is 49.4 Å². The van der Waals surface area contributed by atoms with Gasteiger partial charge in [0, 0.05) is 23.0 Å². The lowest BCUT2D eigenvalue weighted by Gasteiger charge is -2.27. The number of anilines is 1. The molecule has 6 heteroatoms. The average molecular weight is 403 g/mol. The SMILES string of the molecule is CC(Sc1ccc(Cl)cc1)C(=O)Nc1ccccc1C(=O)N1CCCCC1. The van der Waals surface area contributed by atoms with E-state index in [1.807, 2.05) is 36.1 Å². The lowest BCUT2D eigenvalue weighted by Crippen LogP contribution is -2.36. The van der Waals surface area contributed by atoms with Gasteiger partial charge >= 0.3 is 0 Å². The predicted octanol–water partition coefficient (Wildman–Crippen LogP) is 5.09. The molecule has 0 aliphatic carbocycles. The molecule has 142 valence electrons. The van der Waals surface area contributed by atoms with Crippen LogP contribution in [0.4, 0.5) is 5.69 Å². The molecular weight excluding hydrogens is 380 g/mol. The van der Waals surface area contributed by atoms with E-state index in [0.717, 1.165) is 30.8 Å². The predicted molar refractivity (Wildman–Crippen MR) is 112 cm³/mol. The first-order chi connectivity index (χ1) is 13.0. The summed E-state index contributed by atoms with van der Waals surface area (Å²) in [5, 5.41) is 3.30. The van der Waals surface area contributed by atoms with Crippen molar-refractivity contribution in [3.05, 3.63) is 59.1 Å². The number of benzene rings is 2. The summed E-state index contributed by atoms with van der Waals surface area (Å²) in [7, 11) is 0. The van der Waals surface area contributed by atoms with Gasteiger partial charge in [0.25, 0.3) is 5.91 Å². The van der Waals surface area contributed by atoms with Crippen molar-refractivity contribution in [3.63, 3.8) is 0 Å². The Bertz CT molecular complexity index is 804. The number of carbonyl (C=O) groups is 2. The molecule has 2 amide bonds. The van der Waals surface area contributed by atoms with E-state index in [1.54, 1.807) is 24.3 Å². The van der Waals surface area contributed by atoms with E-state index in [0.29, 0.717) is 16.3 Å². The largest absolute Gasteiger partial charge is 0.339 e. The lowest BCUT2D eigenvalue weighted by atomic mass is 10.1. The minimum absolute atomic E-state index is 0.0105. The highest BCUT2D eigenvalue weighted by molar-refractivity contribution is 8.00. The Kier molecular flexibility index (Phi) is 6.80. The Labute approximate surface area is 169 Å². The van der Waals surface area contributed by atoms with Crippen LogP contribution in [0.1, 0.15) is 36.5 Å². The molecule has 27 heavy (non-hydrogen) atoms. The number of hydrogen-bond donors (Lipinski definition) is 1. The molecule has 1 aliphatic heterocycles. The highest BCUT2D eigenvalue weighted by Crippen LogP contribution is 2.26. The summed E-state index contributed by atoms with van der Waals surface area (Å²) in [5.74, 6) is -0.141. The van der Waals surface area contributed by atoms with Gasteiger partial charge in [-0.25, -0.2) is 0 Å². The van der Waals surface area contributed by atoms with Gasteiger partial charge in [-0.05, 0) is 62.6 Å². The Balaban J connectivity index is 1.68. The molecule has 0 radical (unpaired) electrons. The molecule has 1 atom stereocenters. The normalized spacial score (nSPS) is 15.3. The van der Waals surface area contributed by atoms with Gasteiger partial charge < -0.3 is 10.2 Å². The van der Waals surface area contributed by atoms with Crippen LogP contribution in [0.5, 0.6) is 0 Å². The third kappa shape index (κ3) is 5.27. The van der Waals surface area contributed by atoms with Gasteiger partial charge in [0.2, 0.25) is 5.91 Å². The molecule has 2 aromatic carbocycles. The molecule has 0 spiro atoms. The van der Waals surface area contributed by atoms with Gasteiger partial charge in [0.15, 0.2) is 0 Å². The van der Waals surface area contributed by atoms with Crippen molar-refractivity contribution in [2.75, 3.05) is 18.4 Å². The molecule has 1 heterocycles. The van der Waals surface area contributed by atoms with E-state index in [-0.39, 0.29) is 17.1 Å². The first-order valence-electron chi connectivity index (χ1n) is 9.16. The Hall–Kier alpha value is -1.98. The summed E-state index contributed by atoms with van der Waals surface area (Å²) < 4.78 is 0. The molecule has 1 saturated heterocycles. The Morgan fingerprint density at radius 3 is 2.41 bits per heavy atom. The second-order valence-corrected chi connectivity index (χ2v) is 8.45. The van der Waals surface area contributed by atoms with Crippen molar-refractivity contribution in [3.8, 4) is 0 Å². The van der Waals surface area contributed by atoms with Crippen LogP contribution in [0.25, 0.3) is 0 Å². The maximum atomic E-state index is 12.9. The number of thioether (sulfide) groups is 1. The van der Waals surface area contributed by atoms with Crippen LogP contribution in [0.15, 0.2) is 53.4 Å². The summed E-state index contributed by atoms with van der Waals surface area (Å²) in [6, 6.07) is 14.6. The molecule has 3 rings (SSSR count). The number of amides is 2. The first-order valence-corrected chi connectivity index (χ1v) is 10.4. The van der Waals surface area contributed by atoms with Crippen LogP contribution >= 0.6 is 23.4 Å². The second kappa shape index (κ2) is 9.29. The zero-order valence-electron chi connectivity index (χ0n) is 15.3. The molecule has 1 unspecified atom stereocenters. The van der Waals surface area contributed by atoms with Gasteiger partial charge in [-0.1, -0.05) is 23.7 Å². The zero-order valence-corrected chi connectivity index (χ0v) is 16.9. The quantitative estimate of drug-likeness (QED) is 0.709. The summed E-state index contributed by atoms with van der Waals surface area (Å²) >= 11 is 7.36. The average Bonchev–Trinajstić information content (AvgIpc) is 2.70. The Morgan fingerprint density at radius 1 is 1.04 bits per heavy atom. The minimum Gasteiger partial charge on any atom is -0.339 e. The summed E-state index contributed by atoms with van der Waals surface area (Å²) in [5.41, 5.74) is 1.12. The van der Waals surface area contributed by atoms with Crippen molar-refractivity contribution >= 4 is 40.9 Å². The molecule has 4 nitrogen and oxygen atoms in total. The number of piperidine rings is 1. The fourth-order valence-electron chi connectivity index (χ4n) is 3.05. The van der Waals surface area contributed by atoms with Gasteiger partial charge in [-0.3, -0.25) is 9.59 Å². The number of para-hydroxylation sites is 1. The number of nitrogens with zero attached hydrogens (tertiary/aromatic N) is 1. The molecule has 2 aromatic rings. The minimum atomic E-state index is -0.302. The number of rotatable bonds is 5. The van der Waals surface area contributed by atoms with E-state index in [1.165, 1.54) is 18.2 Å². The van der Waals surface area contributed by atoms with Crippen LogP contribution in [-0.2, 0) is 4.79 Å². The van der Waals surface area contributed by atoms with Crippen molar-refractivity contribution in [1.29, 1.82) is 0 Å². The number of hydrogen-bond acceptors (Lipinski definition) is 3. The van der Waals surface area contributed by atoms with Crippen LogP contribution in [0.3, 0.4) is 0 Å². The van der Waals surface area contributed by atoms with E-state index < -0.39 is 0 Å². The summed E-state index contributed by atoms with van der Waals surface area (Å²) in [6.07, 6.45) is 3.24. The smallest absolute Gasteiger partial charge is 0.255 e. The van der Waals surface area contributed by atoms with Crippen molar-refractivity contribution in [1.82, 2.24) is 4.90 Å². The van der Waals surface area contributed by atoms with Crippen molar-refractivity contribution in [2.24, 2.45) is 0 Å². The van der Waals surface area contributed by atoms with E-state index in [9.17, 15) is 9.59 Å². The third-order valence-corrected chi connectivity index (χ3v) is 5.92. The first kappa shape index (κ1) is 19.8. The molecular formula is C21H23ClN2O2S. The molecule has 0 saturated carbocycles. The summed E-state index contributed by atoms with van der Waals surface area (Å²) in [6.45, 7) is 3.41. The molecule has 1 aliphatic rings. The van der Waals surface area contributed by atoms with E-state index in [4.69, 9.17) is 11.6 Å². The van der Waals surface area contributed by atoms with Crippen LogP contribution in [-0.4, -0.2) is 35.1 Å². The van der Waals surface area contributed by atoms with Crippen LogP contribution < -0.4 is 5.32 Å². The van der Waals surface area contributed by atoms with Crippen LogP contribution in [0.2, 0.25) is 5.02 Å². The summed E-state index contributed by atoms with van der Waals surface area (Å²) in [4.78, 5) is 28.4. The van der Waals surface area contributed by atoms with Gasteiger partial charge in [-0.15, -0.1) is 11.8 Å². The maximum absolute atomic E-state index is 12.9. The number of carbonyl (C=O) groups excluding carboxylic acids is 2. The highest BCUT2D eigenvalue weighted by atomic mass is 35.5. The van der Waals surface area contributed by atoms with Gasteiger partial charge in [0.05, 0.1) is 16.5 Å². The van der Waals surface area contributed by atoms with Crippen molar-refractivity contribution < 1.29 is 9.59 Å². The van der Waals surface area contributed by atoms with Crippen molar-refractivity contribution in [2.45, 2.75) is 36.3 Å². The van der Waals surface area contributed by atoms with Gasteiger partial charge in [-0.2, -0.15) is 0 Å². The third-order valence-electron chi connectivity index (χ3n) is 4.55. The molecule has 1 N–H and O–H groups in total. The Morgan fingerprint density at radius 2 is 1.70 bits per heavy atom. The van der Waals surface area contributed by atoms with Gasteiger partial charge in [0.1, 0.15) is 0 Å². The number of likely N-dealkylation sites (tertiary alicyclic amines) is 1. The molecule has 0 bridgehead atoms. The standard InChI is InChI=1S/C21H23ClN2O2S/c1-15(27-17-11-9-16(22)10-12-17)20(25)23-19-8-4-3-7-18(19)21(26)24-13-5-2-6-14-24/h3-4,7-12,15H,2,5-6,13-14H2,1H3,(H,23,25). The number of nitrogens with one attached hydrogen (secondary N) is 1. The fourth-order valence-corrected chi connectivity index (χ4v) is 4.04. The number of halogens is 1.